The molecule has 0 radical (unpaired) electrons. The summed E-state index contributed by atoms with van der Waals surface area (Å²) >= 11 is 9.31. The van der Waals surface area contributed by atoms with Gasteiger partial charge in [-0.3, -0.25) is 4.79 Å². The number of carbonyl (C=O) groups excluding carboxylic acids is 1. The van der Waals surface area contributed by atoms with Gasteiger partial charge in [-0.05, 0) is 69.5 Å². The van der Waals surface area contributed by atoms with Crippen LogP contribution in [0.1, 0.15) is 27.0 Å². The van der Waals surface area contributed by atoms with Crippen molar-refractivity contribution in [1.29, 1.82) is 0 Å². The molecule has 0 spiro atoms. The Bertz CT molecular complexity index is 1170. The fourth-order valence-electron chi connectivity index (χ4n) is 2.76. The molecule has 0 aliphatic rings. The van der Waals surface area contributed by atoms with Gasteiger partial charge in [-0.15, -0.1) is 0 Å². The lowest BCUT2D eigenvalue weighted by molar-refractivity contribution is -0.137. The van der Waals surface area contributed by atoms with Crippen LogP contribution in [0.4, 0.5) is 13.2 Å². The van der Waals surface area contributed by atoms with Crippen LogP contribution >= 0.6 is 27.5 Å². The highest BCUT2D eigenvalue weighted by Gasteiger charge is 2.30. The van der Waals surface area contributed by atoms with Gasteiger partial charge in [0.1, 0.15) is 6.61 Å². The molecule has 5 nitrogen and oxygen atoms in total. The van der Waals surface area contributed by atoms with E-state index in [2.05, 4.69) is 26.5 Å². The molecule has 10 heteroatoms. The minimum Gasteiger partial charge on any atom is -0.493 e. The first-order valence-corrected chi connectivity index (χ1v) is 10.6. The van der Waals surface area contributed by atoms with Crippen LogP contribution in [-0.2, 0) is 12.8 Å². The zero-order chi connectivity index (χ0) is 24.0. The van der Waals surface area contributed by atoms with Gasteiger partial charge in [0.05, 0.1) is 23.4 Å². The van der Waals surface area contributed by atoms with Crippen molar-refractivity contribution in [2.75, 3.05) is 7.11 Å². The highest BCUT2D eigenvalue weighted by atomic mass is 79.9. The Morgan fingerprint density at radius 2 is 1.88 bits per heavy atom. The quantitative estimate of drug-likeness (QED) is 0.275. The second kappa shape index (κ2) is 10.7. The van der Waals surface area contributed by atoms with Gasteiger partial charge in [-0.25, -0.2) is 5.43 Å². The zero-order valence-corrected chi connectivity index (χ0v) is 19.5. The van der Waals surface area contributed by atoms with E-state index in [1.165, 1.54) is 19.4 Å². The first kappa shape index (κ1) is 24.6. The first-order valence-electron chi connectivity index (χ1n) is 9.43. The monoisotopic (exact) mass is 540 g/mol. The van der Waals surface area contributed by atoms with Gasteiger partial charge in [-0.2, -0.15) is 18.3 Å². The van der Waals surface area contributed by atoms with E-state index in [4.69, 9.17) is 21.1 Å². The molecule has 0 aliphatic heterocycles. The summed E-state index contributed by atoms with van der Waals surface area (Å²) in [5, 5.41) is 4.45. The van der Waals surface area contributed by atoms with Gasteiger partial charge in [0.2, 0.25) is 0 Å². The number of hydrogen-bond acceptors (Lipinski definition) is 4. The van der Waals surface area contributed by atoms with Gasteiger partial charge in [0, 0.05) is 10.6 Å². The van der Waals surface area contributed by atoms with Crippen LogP contribution < -0.4 is 14.9 Å². The number of rotatable bonds is 7. The average Bonchev–Trinajstić information content (AvgIpc) is 2.78. The van der Waals surface area contributed by atoms with Crippen molar-refractivity contribution in [2.24, 2.45) is 5.10 Å². The summed E-state index contributed by atoms with van der Waals surface area (Å²) in [6.07, 6.45) is -3.21. The number of alkyl halides is 3. The smallest absolute Gasteiger partial charge is 0.416 e. The number of ether oxygens (including phenoxy) is 2. The van der Waals surface area contributed by atoms with E-state index >= 15 is 0 Å². The minimum absolute atomic E-state index is 0.160. The van der Waals surface area contributed by atoms with Gasteiger partial charge < -0.3 is 9.47 Å². The number of hydrazone groups is 1. The lowest BCUT2D eigenvalue weighted by atomic mass is 10.1. The van der Waals surface area contributed by atoms with E-state index in [-0.39, 0.29) is 12.2 Å². The van der Waals surface area contributed by atoms with E-state index in [9.17, 15) is 18.0 Å². The van der Waals surface area contributed by atoms with Crippen LogP contribution in [0.25, 0.3) is 0 Å². The van der Waals surface area contributed by atoms with Crippen molar-refractivity contribution in [3.8, 4) is 11.5 Å². The molecule has 3 aromatic rings. The van der Waals surface area contributed by atoms with E-state index in [0.29, 0.717) is 26.6 Å². The maximum absolute atomic E-state index is 12.8. The molecule has 0 aliphatic carbocycles. The van der Waals surface area contributed by atoms with Crippen LogP contribution in [0.3, 0.4) is 0 Å². The first-order chi connectivity index (χ1) is 15.7. The standard InChI is InChI=1S/C23H17BrClF3N2O3/c1-32-20-10-15(9-19(24)21(20)33-13-14-5-7-18(25)8-6-14)12-29-30-22(31)16-3-2-4-17(11-16)23(26,27)28/h2-12H,13H2,1H3,(H,30,31)/b29-12-. The second-order valence-corrected chi connectivity index (χ2v) is 8.02. The summed E-state index contributed by atoms with van der Waals surface area (Å²) < 4.78 is 50.3. The Kier molecular flexibility index (Phi) is 7.99. The van der Waals surface area contributed by atoms with Crippen LogP contribution in [0.15, 0.2) is 70.2 Å². The average molecular weight is 542 g/mol. The largest absolute Gasteiger partial charge is 0.493 e. The Balaban J connectivity index is 1.69. The highest BCUT2D eigenvalue weighted by molar-refractivity contribution is 9.10. The molecular weight excluding hydrogens is 525 g/mol. The molecule has 0 atom stereocenters. The summed E-state index contributed by atoms with van der Waals surface area (Å²) in [6.45, 7) is 0.284. The maximum atomic E-state index is 12.8. The number of benzene rings is 3. The van der Waals surface area contributed by atoms with Crippen molar-refractivity contribution < 1.29 is 27.4 Å². The van der Waals surface area contributed by atoms with Crippen molar-refractivity contribution >= 4 is 39.7 Å². The number of nitrogens with zero attached hydrogens (tertiary/aromatic N) is 1. The Morgan fingerprint density at radius 1 is 1.15 bits per heavy atom. The molecule has 0 aromatic heterocycles. The van der Waals surface area contributed by atoms with E-state index < -0.39 is 17.6 Å². The summed E-state index contributed by atoms with van der Waals surface area (Å²) in [5.74, 6) is 0.118. The van der Waals surface area contributed by atoms with Gasteiger partial charge >= 0.3 is 6.18 Å². The van der Waals surface area contributed by atoms with Gasteiger partial charge in [-0.1, -0.05) is 29.8 Å². The van der Waals surface area contributed by atoms with Crippen molar-refractivity contribution in [3.05, 3.63) is 92.4 Å². The summed E-state index contributed by atoms with van der Waals surface area (Å²) in [4.78, 5) is 12.1. The van der Waals surface area contributed by atoms with Crippen molar-refractivity contribution in [3.63, 3.8) is 0 Å². The van der Waals surface area contributed by atoms with Crippen molar-refractivity contribution in [1.82, 2.24) is 5.43 Å². The summed E-state index contributed by atoms with van der Waals surface area (Å²) in [7, 11) is 1.48. The molecule has 172 valence electrons. The summed E-state index contributed by atoms with van der Waals surface area (Å²) in [5.41, 5.74) is 2.61. The number of halogens is 5. The predicted molar refractivity (Wildman–Crippen MR) is 123 cm³/mol. The molecule has 33 heavy (non-hydrogen) atoms. The Hall–Kier alpha value is -3.04. The molecule has 0 heterocycles. The normalized spacial score (nSPS) is 11.5. The predicted octanol–water partition coefficient (Wildman–Crippen LogP) is 6.47. The van der Waals surface area contributed by atoms with Crippen LogP contribution in [-0.4, -0.2) is 19.2 Å². The molecule has 3 rings (SSSR count). The number of methoxy groups -OCH3 is 1. The van der Waals surface area contributed by atoms with Crippen LogP contribution in [0.2, 0.25) is 5.02 Å². The van der Waals surface area contributed by atoms with E-state index in [1.807, 2.05) is 12.1 Å². The van der Waals surface area contributed by atoms with Crippen molar-refractivity contribution in [2.45, 2.75) is 12.8 Å². The number of amides is 1. The molecule has 0 fully saturated rings. The molecule has 0 saturated heterocycles. The van der Waals surface area contributed by atoms with Crippen LogP contribution in [0, 0.1) is 0 Å². The highest BCUT2D eigenvalue weighted by Crippen LogP contribution is 2.37. The lowest BCUT2D eigenvalue weighted by Gasteiger charge is -2.13. The van der Waals surface area contributed by atoms with Gasteiger partial charge in [0.25, 0.3) is 5.91 Å². The molecule has 1 amide bonds. The van der Waals surface area contributed by atoms with Crippen LogP contribution in [0.5, 0.6) is 11.5 Å². The third kappa shape index (κ3) is 6.72. The fourth-order valence-corrected chi connectivity index (χ4v) is 3.46. The molecule has 0 bridgehead atoms. The maximum Gasteiger partial charge on any atom is 0.416 e. The molecule has 0 unspecified atom stereocenters. The topological polar surface area (TPSA) is 59.9 Å². The molecular formula is C23H17BrClF3N2O3. The number of hydrogen-bond donors (Lipinski definition) is 1. The Labute approximate surface area is 201 Å². The minimum atomic E-state index is -4.54. The third-order valence-electron chi connectivity index (χ3n) is 4.38. The van der Waals surface area contributed by atoms with E-state index in [0.717, 1.165) is 23.8 Å². The SMILES string of the molecule is COc1cc(/C=N\NC(=O)c2cccc(C(F)(F)F)c2)cc(Br)c1OCc1ccc(Cl)cc1. The van der Waals surface area contributed by atoms with Gasteiger partial charge in [0.15, 0.2) is 11.5 Å². The lowest BCUT2D eigenvalue weighted by Crippen LogP contribution is -2.18. The third-order valence-corrected chi connectivity index (χ3v) is 5.22. The molecule has 3 aromatic carbocycles. The Morgan fingerprint density at radius 3 is 2.55 bits per heavy atom. The zero-order valence-electron chi connectivity index (χ0n) is 17.1. The second-order valence-electron chi connectivity index (χ2n) is 6.73. The molecule has 1 N–H and O–H groups in total. The number of carbonyl (C=O) groups is 1. The number of nitrogens with one attached hydrogen (secondary N) is 1. The van der Waals surface area contributed by atoms with E-state index in [1.54, 1.807) is 24.3 Å². The summed E-state index contributed by atoms with van der Waals surface area (Å²) in [6, 6.07) is 14.6. The fraction of sp³-hybridized carbons (Fsp3) is 0.130. The molecule has 0 saturated carbocycles.